The average Bonchev–Trinajstić information content (AvgIpc) is 3.37. The number of furan rings is 1. The maximum Gasteiger partial charge on any atom is 0.309 e. The number of thiophene rings is 1. The third kappa shape index (κ3) is 4.16. The smallest absolute Gasteiger partial charge is 0.309 e. The lowest BCUT2D eigenvalue weighted by molar-refractivity contribution is -0.139. The lowest BCUT2D eigenvalue weighted by atomic mass is 10.2. The van der Waals surface area contributed by atoms with Crippen molar-refractivity contribution in [2.24, 2.45) is 0 Å². The van der Waals surface area contributed by atoms with E-state index < -0.39 is 26.9 Å². The van der Waals surface area contributed by atoms with Gasteiger partial charge in [-0.05, 0) is 36.4 Å². The van der Waals surface area contributed by atoms with Gasteiger partial charge in [-0.3, -0.25) is 9.59 Å². The summed E-state index contributed by atoms with van der Waals surface area (Å²) in [5.41, 5.74) is 0. The van der Waals surface area contributed by atoms with E-state index in [1.54, 1.807) is 23.6 Å². The predicted molar refractivity (Wildman–Crippen MR) is 96.4 cm³/mol. The number of hydrogen-bond donors (Lipinski definition) is 2. The molecule has 1 aliphatic carbocycles. The molecule has 2 heterocycles. The van der Waals surface area contributed by atoms with Gasteiger partial charge in [0.2, 0.25) is 0 Å². The van der Waals surface area contributed by atoms with Gasteiger partial charge in [0.1, 0.15) is 15.2 Å². The second kappa shape index (κ2) is 8.05. The Balaban J connectivity index is 1.69. The lowest BCUT2D eigenvalue weighted by Gasteiger charge is -2.16. The molecule has 0 radical (unpaired) electrons. The van der Waals surface area contributed by atoms with E-state index in [1.165, 1.54) is 12.3 Å². The van der Waals surface area contributed by atoms with E-state index in [1.807, 2.05) is 0 Å². The Bertz CT molecular complexity index is 838. The molecule has 1 fully saturated rings. The Labute approximate surface area is 155 Å². The third-order valence-electron chi connectivity index (χ3n) is 4.36. The number of rotatable bonds is 6. The summed E-state index contributed by atoms with van der Waals surface area (Å²) in [6.07, 6.45) is 5.17. The summed E-state index contributed by atoms with van der Waals surface area (Å²) in [5.74, 6) is -1.35. The van der Waals surface area contributed by atoms with Crippen LogP contribution in [0.4, 0.5) is 0 Å². The van der Waals surface area contributed by atoms with Gasteiger partial charge in [-0.2, -0.15) is 0 Å². The first-order valence-corrected chi connectivity index (χ1v) is 10.8. The number of sulfone groups is 1. The zero-order valence-corrected chi connectivity index (χ0v) is 15.6. The molecule has 1 aliphatic rings. The van der Waals surface area contributed by atoms with Gasteiger partial charge in [-0.15, -0.1) is 11.3 Å². The summed E-state index contributed by atoms with van der Waals surface area (Å²) in [6.45, 7) is -0.245. The van der Waals surface area contributed by atoms with Crippen molar-refractivity contribution in [1.82, 2.24) is 10.6 Å². The number of hydrogen-bond acceptors (Lipinski definition) is 6. The molecule has 2 N–H and O–H groups in total. The molecule has 0 unspecified atom stereocenters. The summed E-state index contributed by atoms with van der Waals surface area (Å²) < 4.78 is 31.1. The summed E-state index contributed by atoms with van der Waals surface area (Å²) >= 11 is 1.10. The minimum Gasteiger partial charge on any atom is -0.468 e. The molecule has 140 valence electrons. The molecular weight excluding hydrogens is 376 g/mol. The first-order valence-electron chi connectivity index (χ1n) is 8.38. The van der Waals surface area contributed by atoms with Crippen LogP contribution >= 0.6 is 11.3 Å². The van der Waals surface area contributed by atoms with Crippen LogP contribution in [0.3, 0.4) is 0 Å². The molecule has 0 aromatic carbocycles. The van der Waals surface area contributed by atoms with E-state index in [0.29, 0.717) is 0 Å². The fourth-order valence-electron chi connectivity index (χ4n) is 2.99. The molecule has 7 nitrogen and oxygen atoms in total. The van der Waals surface area contributed by atoms with Crippen LogP contribution in [0.25, 0.3) is 0 Å². The van der Waals surface area contributed by atoms with Gasteiger partial charge in [0.15, 0.2) is 9.84 Å². The van der Waals surface area contributed by atoms with E-state index in [2.05, 4.69) is 10.6 Å². The van der Waals surface area contributed by atoms with Crippen molar-refractivity contribution >= 4 is 33.0 Å². The molecule has 1 saturated carbocycles. The van der Waals surface area contributed by atoms with E-state index in [4.69, 9.17) is 4.42 Å². The van der Waals surface area contributed by atoms with Crippen LogP contribution in [0.2, 0.25) is 0 Å². The molecule has 3 rings (SSSR count). The predicted octanol–water partition coefficient (Wildman–Crippen LogP) is 2.03. The standard InChI is InChI=1S/C17H20N2O5S2/c20-16(17(21)19-12-5-1-2-6-12)18-11-14(13-7-3-9-24-13)26(22,23)15-8-4-10-25-15/h3-4,7-10,12,14H,1-2,5-6,11H2,(H,18,20)(H,19,21)/t14-/m1/s1. The highest BCUT2D eigenvalue weighted by molar-refractivity contribution is 7.93. The van der Waals surface area contributed by atoms with Crippen LogP contribution in [0, 0.1) is 0 Å². The van der Waals surface area contributed by atoms with Crippen LogP contribution in [0.5, 0.6) is 0 Å². The van der Waals surface area contributed by atoms with Crippen molar-refractivity contribution in [3.05, 3.63) is 41.7 Å². The van der Waals surface area contributed by atoms with Gasteiger partial charge in [-0.1, -0.05) is 18.9 Å². The van der Waals surface area contributed by atoms with Gasteiger partial charge in [-0.25, -0.2) is 8.42 Å². The van der Waals surface area contributed by atoms with Crippen molar-refractivity contribution in [3.8, 4) is 0 Å². The quantitative estimate of drug-likeness (QED) is 0.727. The summed E-state index contributed by atoms with van der Waals surface area (Å²) in [4.78, 5) is 24.1. The molecule has 9 heteroatoms. The zero-order chi connectivity index (χ0) is 18.6. The van der Waals surface area contributed by atoms with E-state index in [0.717, 1.165) is 37.0 Å². The first kappa shape index (κ1) is 18.7. The Morgan fingerprint density at radius 2 is 1.96 bits per heavy atom. The number of nitrogens with one attached hydrogen (secondary N) is 2. The minimum atomic E-state index is -3.75. The van der Waals surface area contributed by atoms with Gasteiger partial charge in [0.05, 0.1) is 6.26 Å². The molecule has 26 heavy (non-hydrogen) atoms. The normalized spacial score (nSPS) is 16.3. The molecule has 0 aliphatic heterocycles. The van der Waals surface area contributed by atoms with E-state index in [9.17, 15) is 18.0 Å². The van der Waals surface area contributed by atoms with Crippen molar-refractivity contribution in [2.45, 2.75) is 41.2 Å². The molecule has 0 bridgehead atoms. The topological polar surface area (TPSA) is 105 Å². The van der Waals surface area contributed by atoms with Crippen molar-refractivity contribution < 1.29 is 22.4 Å². The van der Waals surface area contributed by atoms with Crippen LogP contribution in [-0.2, 0) is 19.4 Å². The lowest BCUT2D eigenvalue weighted by Crippen LogP contribution is -2.45. The fraction of sp³-hybridized carbons (Fsp3) is 0.412. The van der Waals surface area contributed by atoms with Crippen molar-refractivity contribution in [3.63, 3.8) is 0 Å². The highest BCUT2D eigenvalue weighted by atomic mass is 32.2. The molecule has 1 atom stereocenters. The number of carbonyl (C=O) groups is 2. The van der Waals surface area contributed by atoms with Crippen molar-refractivity contribution in [2.75, 3.05) is 6.54 Å². The third-order valence-corrected chi connectivity index (χ3v) is 7.85. The summed E-state index contributed by atoms with van der Waals surface area (Å²) in [5, 5.41) is 5.68. The summed E-state index contributed by atoms with van der Waals surface area (Å²) in [6, 6.07) is 6.29. The molecule has 2 aromatic rings. The second-order valence-electron chi connectivity index (χ2n) is 6.15. The van der Waals surface area contributed by atoms with E-state index in [-0.39, 0.29) is 22.6 Å². The minimum absolute atomic E-state index is 0.0176. The Hall–Kier alpha value is -2.13. The first-order chi connectivity index (χ1) is 12.5. The van der Waals surface area contributed by atoms with Gasteiger partial charge >= 0.3 is 11.8 Å². The molecule has 0 saturated heterocycles. The van der Waals surface area contributed by atoms with Crippen LogP contribution in [-0.4, -0.2) is 32.8 Å². The largest absolute Gasteiger partial charge is 0.468 e. The Kier molecular flexibility index (Phi) is 5.77. The van der Waals surface area contributed by atoms with Crippen LogP contribution < -0.4 is 10.6 Å². The number of amides is 2. The van der Waals surface area contributed by atoms with Crippen LogP contribution in [0.15, 0.2) is 44.5 Å². The van der Waals surface area contributed by atoms with Gasteiger partial charge < -0.3 is 15.1 Å². The Morgan fingerprint density at radius 1 is 1.19 bits per heavy atom. The maximum absolute atomic E-state index is 12.9. The van der Waals surface area contributed by atoms with Gasteiger partial charge in [0.25, 0.3) is 0 Å². The molecule has 2 aromatic heterocycles. The number of carbonyl (C=O) groups excluding carboxylic acids is 2. The highest BCUT2D eigenvalue weighted by Crippen LogP contribution is 2.31. The fourth-order valence-corrected chi connectivity index (χ4v) is 5.78. The highest BCUT2D eigenvalue weighted by Gasteiger charge is 2.33. The van der Waals surface area contributed by atoms with Crippen LogP contribution in [0.1, 0.15) is 36.7 Å². The Morgan fingerprint density at radius 3 is 2.58 bits per heavy atom. The van der Waals surface area contributed by atoms with E-state index >= 15 is 0 Å². The monoisotopic (exact) mass is 396 g/mol. The van der Waals surface area contributed by atoms with Gasteiger partial charge in [0, 0.05) is 12.6 Å². The van der Waals surface area contributed by atoms with Crippen molar-refractivity contribution in [1.29, 1.82) is 0 Å². The molecular formula is C17H20N2O5S2. The maximum atomic E-state index is 12.9. The molecule has 2 amide bonds. The second-order valence-corrected chi connectivity index (χ2v) is 9.45. The summed E-state index contributed by atoms with van der Waals surface area (Å²) in [7, 11) is -3.75. The molecule has 0 spiro atoms. The zero-order valence-electron chi connectivity index (χ0n) is 14.0. The SMILES string of the molecule is O=C(NC[C@H](c1ccco1)S(=O)(=O)c1cccs1)C(=O)NC1CCCC1. The average molecular weight is 396 g/mol.